The molecule has 1 nitrogen and oxygen atoms in total. The van der Waals surface area contributed by atoms with E-state index < -0.39 is 0 Å². The number of hydrogen-bond acceptors (Lipinski definition) is 1. The molecule has 0 saturated heterocycles. The molecule has 11 heavy (non-hydrogen) atoms. The summed E-state index contributed by atoms with van der Waals surface area (Å²) in [5.74, 6) is 1.56. The van der Waals surface area contributed by atoms with Crippen LogP contribution >= 0.6 is 0 Å². The van der Waals surface area contributed by atoms with Gasteiger partial charge < -0.3 is 4.79 Å². The van der Waals surface area contributed by atoms with Crippen LogP contribution in [-0.2, 0) is 4.79 Å². The smallest absolute Gasteiger partial charge is 0.120 e. The quantitative estimate of drug-likeness (QED) is 0.559. The van der Waals surface area contributed by atoms with Crippen LogP contribution in [0.2, 0.25) is 0 Å². The Labute approximate surface area is 69.2 Å². The lowest BCUT2D eigenvalue weighted by molar-refractivity contribution is -0.110. The molecule has 0 atom stereocenters. The number of carbonyl (C=O) groups excluding carboxylic acids is 1. The zero-order valence-electron chi connectivity index (χ0n) is 7.76. The molecule has 0 spiro atoms. The van der Waals surface area contributed by atoms with Gasteiger partial charge in [0.1, 0.15) is 6.29 Å². The van der Waals surface area contributed by atoms with Crippen LogP contribution in [0, 0.1) is 17.3 Å². The minimum Gasteiger partial charge on any atom is -0.303 e. The fraction of sp³-hybridized carbons (Fsp3) is 0.900. The topological polar surface area (TPSA) is 17.1 Å². The van der Waals surface area contributed by atoms with Gasteiger partial charge in [-0.3, -0.25) is 0 Å². The Morgan fingerprint density at radius 1 is 1.36 bits per heavy atom. The van der Waals surface area contributed by atoms with Gasteiger partial charge in [0, 0.05) is 6.42 Å². The Morgan fingerprint density at radius 3 is 2.27 bits per heavy atom. The van der Waals surface area contributed by atoms with Gasteiger partial charge >= 0.3 is 0 Å². The molecule has 0 aliphatic heterocycles. The number of aldehydes is 1. The van der Waals surface area contributed by atoms with E-state index in [-0.39, 0.29) is 0 Å². The molecular formula is C10H18O. The fourth-order valence-corrected chi connectivity index (χ4v) is 1.77. The second kappa shape index (κ2) is 2.96. The van der Waals surface area contributed by atoms with Crippen LogP contribution in [0.15, 0.2) is 0 Å². The summed E-state index contributed by atoms with van der Waals surface area (Å²) in [5.41, 5.74) is 0.458. The van der Waals surface area contributed by atoms with Crippen LogP contribution in [0.3, 0.4) is 0 Å². The molecule has 0 bridgehead atoms. The average molecular weight is 154 g/mol. The third-order valence-corrected chi connectivity index (χ3v) is 2.89. The molecule has 1 saturated carbocycles. The summed E-state index contributed by atoms with van der Waals surface area (Å²) in [7, 11) is 0. The molecule has 0 radical (unpaired) electrons. The molecule has 0 aromatic carbocycles. The molecule has 1 fully saturated rings. The lowest BCUT2D eigenvalue weighted by atomic mass is 9.62. The van der Waals surface area contributed by atoms with Crippen LogP contribution in [0.5, 0.6) is 0 Å². The van der Waals surface area contributed by atoms with Gasteiger partial charge in [-0.15, -0.1) is 0 Å². The van der Waals surface area contributed by atoms with Crippen LogP contribution in [0.25, 0.3) is 0 Å². The second-order valence-electron chi connectivity index (χ2n) is 4.80. The summed E-state index contributed by atoms with van der Waals surface area (Å²) >= 11 is 0. The van der Waals surface area contributed by atoms with Gasteiger partial charge in [0.25, 0.3) is 0 Å². The molecule has 64 valence electrons. The van der Waals surface area contributed by atoms with E-state index in [2.05, 4.69) is 20.8 Å². The molecule has 0 N–H and O–H groups in total. The zero-order chi connectivity index (χ0) is 8.48. The first-order chi connectivity index (χ1) is 5.04. The van der Waals surface area contributed by atoms with Gasteiger partial charge in [-0.05, 0) is 30.1 Å². The van der Waals surface area contributed by atoms with E-state index in [9.17, 15) is 4.79 Å². The monoisotopic (exact) mass is 154 g/mol. The highest BCUT2D eigenvalue weighted by molar-refractivity contribution is 5.49. The van der Waals surface area contributed by atoms with Gasteiger partial charge in [-0.25, -0.2) is 0 Å². The maximum atomic E-state index is 10.2. The summed E-state index contributed by atoms with van der Waals surface area (Å²) in [6.07, 6.45) is 4.38. The first-order valence-electron chi connectivity index (χ1n) is 4.47. The highest BCUT2D eigenvalue weighted by atomic mass is 16.1. The molecule has 0 heterocycles. The molecule has 0 unspecified atom stereocenters. The third kappa shape index (κ3) is 2.05. The minimum absolute atomic E-state index is 0.458. The van der Waals surface area contributed by atoms with E-state index in [1.807, 2.05) is 0 Å². The number of hydrogen-bond donors (Lipinski definition) is 0. The van der Waals surface area contributed by atoms with Crippen LogP contribution in [0.1, 0.15) is 40.0 Å². The molecule has 1 rings (SSSR count). The van der Waals surface area contributed by atoms with Crippen molar-refractivity contribution in [1.29, 1.82) is 0 Å². The average Bonchev–Trinajstić information content (AvgIpc) is 1.74. The third-order valence-electron chi connectivity index (χ3n) is 2.89. The molecule has 0 aromatic rings. The molecule has 1 aliphatic rings. The van der Waals surface area contributed by atoms with E-state index in [1.165, 1.54) is 12.8 Å². The maximum absolute atomic E-state index is 10.2. The predicted molar refractivity (Wildman–Crippen MR) is 46.4 cm³/mol. The predicted octanol–water partition coefficient (Wildman–Crippen LogP) is 2.65. The first-order valence-corrected chi connectivity index (χ1v) is 4.47. The van der Waals surface area contributed by atoms with Crippen LogP contribution < -0.4 is 0 Å². The van der Waals surface area contributed by atoms with Crippen molar-refractivity contribution in [1.82, 2.24) is 0 Å². The molecule has 1 heteroatoms. The van der Waals surface area contributed by atoms with Crippen LogP contribution in [0.4, 0.5) is 0 Å². The lowest BCUT2D eigenvalue weighted by Gasteiger charge is -2.43. The van der Waals surface area contributed by atoms with E-state index in [0.29, 0.717) is 11.3 Å². The minimum atomic E-state index is 0.458. The Bertz CT molecular complexity index is 137. The Morgan fingerprint density at radius 2 is 1.91 bits per heavy atom. The highest BCUT2D eigenvalue weighted by Crippen LogP contribution is 2.45. The first kappa shape index (κ1) is 8.76. The molecule has 1 aliphatic carbocycles. The summed E-state index contributed by atoms with van der Waals surface area (Å²) < 4.78 is 0. The SMILES string of the molecule is CC(C)(C)C1CC(CC=O)C1. The van der Waals surface area contributed by atoms with Gasteiger partial charge in [-0.1, -0.05) is 20.8 Å². The number of carbonyl (C=O) groups is 1. The maximum Gasteiger partial charge on any atom is 0.120 e. The fourth-order valence-electron chi connectivity index (χ4n) is 1.77. The van der Waals surface area contributed by atoms with Crippen molar-refractivity contribution in [3.63, 3.8) is 0 Å². The zero-order valence-corrected chi connectivity index (χ0v) is 7.76. The lowest BCUT2D eigenvalue weighted by Crippen LogP contribution is -2.33. The molecular weight excluding hydrogens is 136 g/mol. The largest absolute Gasteiger partial charge is 0.303 e. The van der Waals surface area contributed by atoms with Gasteiger partial charge in [0.15, 0.2) is 0 Å². The van der Waals surface area contributed by atoms with Gasteiger partial charge in [0.2, 0.25) is 0 Å². The summed E-state index contributed by atoms with van der Waals surface area (Å²) in [6.45, 7) is 6.86. The van der Waals surface area contributed by atoms with E-state index in [1.54, 1.807) is 0 Å². The van der Waals surface area contributed by atoms with Gasteiger partial charge in [0.05, 0.1) is 0 Å². The standard InChI is InChI=1S/C10H18O/c1-10(2,3)9-6-8(7-9)4-5-11/h5,8-9H,4,6-7H2,1-3H3. The van der Waals surface area contributed by atoms with E-state index in [4.69, 9.17) is 0 Å². The number of rotatable bonds is 2. The van der Waals surface area contributed by atoms with Crippen LogP contribution in [-0.4, -0.2) is 6.29 Å². The summed E-state index contributed by atoms with van der Waals surface area (Å²) in [5, 5.41) is 0. The highest BCUT2D eigenvalue weighted by Gasteiger charge is 2.36. The van der Waals surface area contributed by atoms with Crippen molar-refractivity contribution in [3.05, 3.63) is 0 Å². The van der Waals surface area contributed by atoms with Crippen molar-refractivity contribution in [2.75, 3.05) is 0 Å². The van der Waals surface area contributed by atoms with Crippen molar-refractivity contribution in [3.8, 4) is 0 Å². The van der Waals surface area contributed by atoms with Crippen molar-refractivity contribution >= 4 is 6.29 Å². The Kier molecular flexibility index (Phi) is 2.36. The molecule has 0 amide bonds. The van der Waals surface area contributed by atoms with E-state index in [0.717, 1.165) is 18.6 Å². The second-order valence-corrected chi connectivity index (χ2v) is 4.80. The van der Waals surface area contributed by atoms with Crippen molar-refractivity contribution in [2.24, 2.45) is 17.3 Å². The summed E-state index contributed by atoms with van der Waals surface area (Å²) in [4.78, 5) is 10.2. The van der Waals surface area contributed by atoms with Crippen molar-refractivity contribution < 1.29 is 4.79 Å². The Balaban J connectivity index is 2.24. The summed E-state index contributed by atoms with van der Waals surface area (Å²) in [6, 6.07) is 0. The normalized spacial score (nSPS) is 31.2. The van der Waals surface area contributed by atoms with Gasteiger partial charge in [-0.2, -0.15) is 0 Å². The molecule has 0 aromatic heterocycles. The van der Waals surface area contributed by atoms with Crippen molar-refractivity contribution in [2.45, 2.75) is 40.0 Å². The Hall–Kier alpha value is -0.330. The van der Waals surface area contributed by atoms with E-state index >= 15 is 0 Å².